The number of aromatic nitrogens is 1. The van der Waals surface area contributed by atoms with Gasteiger partial charge in [-0.15, -0.1) is 11.3 Å². The third-order valence-corrected chi connectivity index (χ3v) is 9.05. The van der Waals surface area contributed by atoms with Gasteiger partial charge in [-0.1, -0.05) is 54.6 Å². The summed E-state index contributed by atoms with van der Waals surface area (Å²) in [5.41, 5.74) is 7.36. The molecule has 0 spiro atoms. The van der Waals surface area contributed by atoms with Crippen LogP contribution >= 0.6 is 11.3 Å². The fourth-order valence-electron chi connectivity index (χ4n) is 6.00. The molecular formula is C37H22N2O2S. The smallest absolute Gasteiger partial charge is 0.228 e. The first-order valence-corrected chi connectivity index (χ1v) is 14.7. The summed E-state index contributed by atoms with van der Waals surface area (Å²) in [7, 11) is 0. The Morgan fingerprint density at radius 2 is 1.26 bits per heavy atom. The van der Waals surface area contributed by atoms with Crippen LogP contribution in [0, 0.1) is 0 Å². The molecule has 0 bridgehead atoms. The monoisotopic (exact) mass is 558 g/mol. The maximum atomic E-state index is 6.47. The van der Waals surface area contributed by atoms with E-state index in [4.69, 9.17) is 13.8 Å². The number of rotatable bonds is 4. The van der Waals surface area contributed by atoms with Gasteiger partial charge in [-0.3, -0.25) is 0 Å². The number of para-hydroxylation sites is 3. The molecule has 0 atom stereocenters. The van der Waals surface area contributed by atoms with Gasteiger partial charge in [0, 0.05) is 59.6 Å². The Kier molecular flexibility index (Phi) is 5.03. The van der Waals surface area contributed by atoms with E-state index in [1.54, 1.807) is 0 Å². The Hall–Kier alpha value is -5.39. The summed E-state index contributed by atoms with van der Waals surface area (Å²) in [6.07, 6.45) is 0. The van der Waals surface area contributed by atoms with Crippen molar-refractivity contribution in [3.05, 3.63) is 133 Å². The molecule has 9 rings (SSSR count). The quantitative estimate of drug-likeness (QED) is 0.215. The minimum absolute atomic E-state index is 0.593. The van der Waals surface area contributed by atoms with E-state index in [1.807, 2.05) is 59.9 Å². The van der Waals surface area contributed by atoms with E-state index in [2.05, 4.69) is 89.8 Å². The van der Waals surface area contributed by atoms with E-state index in [1.165, 1.54) is 20.2 Å². The molecule has 3 heterocycles. The number of benzene rings is 6. The molecule has 0 amide bonds. The van der Waals surface area contributed by atoms with Gasteiger partial charge in [0.2, 0.25) is 5.89 Å². The molecule has 0 fully saturated rings. The van der Waals surface area contributed by atoms with Crippen LogP contribution in [0.5, 0.6) is 0 Å². The van der Waals surface area contributed by atoms with E-state index in [-0.39, 0.29) is 0 Å². The standard InChI is InChI=1S/C37H22N2O2S/c1-2-9-23(10-3-1)39(24-18-20-35-29(21-24)26-11-4-7-16-34(26)42-35)25-17-19-27-33(22-25)40-32-15-8-12-28(36(27)32)37-38-30-13-5-6-14-31(30)41-37/h1-22H. The molecule has 5 heteroatoms. The van der Waals surface area contributed by atoms with E-state index < -0.39 is 0 Å². The number of fused-ring (bicyclic) bond motifs is 7. The highest BCUT2D eigenvalue weighted by Crippen LogP contribution is 2.43. The SMILES string of the molecule is c1ccc(N(c2ccc3c(c2)oc2cccc(-c4nc5ccccc5o4)c23)c2ccc3sc4ccccc4c3c2)cc1. The normalized spacial score (nSPS) is 11.8. The molecule has 0 aliphatic rings. The predicted octanol–water partition coefficient (Wildman–Crippen LogP) is 11.2. The minimum Gasteiger partial charge on any atom is -0.456 e. The molecule has 3 aromatic heterocycles. The largest absolute Gasteiger partial charge is 0.456 e. The Morgan fingerprint density at radius 3 is 2.19 bits per heavy atom. The lowest BCUT2D eigenvalue weighted by molar-refractivity contribution is 0.620. The second-order valence-corrected chi connectivity index (χ2v) is 11.5. The zero-order valence-corrected chi connectivity index (χ0v) is 23.1. The summed E-state index contributed by atoms with van der Waals surface area (Å²) in [5, 5.41) is 4.58. The first kappa shape index (κ1) is 23.3. The van der Waals surface area contributed by atoms with Crippen LogP contribution in [-0.4, -0.2) is 4.98 Å². The summed E-state index contributed by atoms with van der Waals surface area (Å²) in [6.45, 7) is 0. The molecule has 4 nitrogen and oxygen atoms in total. The lowest BCUT2D eigenvalue weighted by atomic mass is 10.1. The van der Waals surface area contributed by atoms with Gasteiger partial charge in [-0.05, 0) is 72.8 Å². The van der Waals surface area contributed by atoms with Gasteiger partial charge in [0.1, 0.15) is 16.7 Å². The Labute approximate surface area is 244 Å². The molecule has 0 saturated carbocycles. The van der Waals surface area contributed by atoms with Crippen molar-refractivity contribution in [2.24, 2.45) is 0 Å². The summed E-state index contributed by atoms with van der Waals surface area (Å²) in [4.78, 5) is 7.06. The Bertz CT molecular complexity index is 2400. The third-order valence-electron chi connectivity index (χ3n) is 7.90. The summed E-state index contributed by atoms with van der Waals surface area (Å²) in [6, 6.07) is 46.2. The third kappa shape index (κ3) is 3.57. The van der Waals surface area contributed by atoms with Gasteiger partial charge in [0.25, 0.3) is 0 Å². The van der Waals surface area contributed by atoms with Crippen LogP contribution in [0.2, 0.25) is 0 Å². The molecule has 0 unspecified atom stereocenters. The predicted molar refractivity (Wildman–Crippen MR) is 174 cm³/mol. The van der Waals surface area contributed by atoms with Crippen molar-refractivity contribution in [2.75, 3.05) is 4.90 Å². The van der Waals surface area contributed by atoms with Crippen molar-refractivity contribution in [3.63, 3.8) is 0 Å². The summed E-state index contributed by atoms with van der Waals surface area (Å²) >= 11 is 1.83. The second-order valence-electron chi connectivity index (χ2n) is 10.4. The second kappa shape index (κ2) is 9.06. The number of hydrogen-bond donors (Lipinski definition) is 0. The van der Waals surface area contributed by atoms with Crippen LogP contribution < -0.4 is 4.90 Å². The zero-order chi connectivity index (χ0) is 27.6. The minimum atomic E-state index is 0.593. The number of oxazole rings is 1. The number of anilines is 3. The lowest BCUT2D eigenvalue weighted by Gasteiger charge is -2.25. The van der Waals surface area contributed by atoms with Crippen molar-refractivity contribution in [3.8, 4) is 11.5 Å². The van der Waals surface area contributed by atoms with E-state index in [0.717, 1.165) is 55.7 Å². The van der Waals surface area contributed by atoms with Crippen LogP contribution in [0.25, 0.3) is 64.7 Å². The molecule has 42 heavy (non-hydrogen) atoms. The fraction of sp³-hybridized carbons (Fsp3) is 0. The fourth-order valence-corrected chi connectivity index (χ4v) is 7.08. The van der Waals surface area contributed by atoms with E-state index in [9.17, 15) is 0 Å². The first-order valence-electron chi connectivity index (χ1n) is 13.9. The highest BCUT2D eigenvalue weighted by molar-refractivity contribution is 7.25. The molecule has 0 saturated heterocycles. The number of nitrogens with zero attached hydrogens (tertiary/aromatic N) is 2. The molecular weight excluding hydrogens is 536 g/mol. The average molecular weight is 559 g/mol. The zero-order valence-electron chi connectivity index (χ0n) is 22.3. The molecule has 0 aliphatic carbocycles. The molecule has 0 aliphatic heterocycles. The van der Waals surface area contributed by atoms with Gasteiger partial charge >= 0.3 is 0 Å². The van der Waals surface area contributed by atoms with E-state index >= 15 is 0 Å². The van der Waals surface area contributed by atoms with Gasteiger partial charge in [0.05, 0.1) is 0 Å². The first-order chi connectivity index (χ1) is 20.8. The topological polar surface area (TPSA) is 42.4 Å². The van der Waals surface area contributed by atoms with Crippen molar-refractivity contribution >= 4 is 81.6 Å². The lowest BCUT2D eigenvalue weighted by Crippen LogP contribution is -2.09. The van der Waals surface area contributed by atoms with Crippen molar-refractivity contribution < 1.29 is 8.83 Å². The van der Waals surface area contributed by atoms with Gasteiger partial charge < -0.3 is 13.7 Å². The van der Waals surface area contributed by atoms with Crippen LogP contribution in [0.4, 0.5) is 17.1 Å². The van der Waals surface area contributed by atoms with Gasteiger partial charge in [-0.25, -0.2) is 4.98 Å². The van der Waals surface area contributed by atoms with Crippen LogP contribution in [0.15, 0.2) is 142 Å². The number of furan rings is 1. The maximum Gasteiger partial charge on any atom is 0.228 e. The van der Waals surface area contributed by atoms with E-state index in [0.29, 0.717) is 5.89 Å². The Morgan fingerprint density at radius 1 is 0.500 bits per heavy atom. The van der Waals surface area contributed by atoms with Crippen LogP contribution in [0.1, 0.15) is 0 Å². The molecule has 0 N–H and O–H groups in total. The highest BCUT2D eigenvalue weighted by atomic mass is 32.1. The molecule has 6 aromatic carbocycles. The molecule has 0 radical (unpaired) electrons. The van der Waals surface area contributed by atoms with Crippen molar-refractivity contribution in [1.82, 2.24) is 4.98 Å². The van der Waals surface area contributed by atoms with Crippen molar-refractivity contribution in [2.45, 2.75) is 0 Å². The summed E-state index contributed by atoms with van der Waals surface area (Å²) in [5.74, 6) is 0.593. The summed E-state index contributed by atoms with van der Waals surface area (Å²) < 4.78 is 15.2. The van der Waals surface area contributed by atoms with Crippen LogP contribution in [0.3, 0.4) is 0 Å². The van der Waals surface area contributed by atoms with Crippen molar-refractivity contribution in [1.29, 1.82) is 0 Å². The van der Waals surface area contributed by atoms with Gasteiger partial charge in [-0.2, -0.15) is 0 Å². The van der Waals surface area contributed by atoms with Gasteiger partial charge in [0.15, 0.2) is 5.58 Å². The number of hydrogen-bond acceptors (Lipinski definition) is 5. The Balaban J connectivity index is 1.23. The maximum absolute atomic E-state index is 6.47. The number of thiophene rings is 1. The average Bonchev–Trinajstić information content (AvgIpc) is 3.74. The highest BCUT2D eigenvalue weighted by Gasteiger charge is 2.20. The molecule has 9 aromatic rings. The molecule has 198 valence electrons. The van der Waals surface area contributed by atoms with Crippen LogP contribution in [-0.2, 0) is 0 Å².